The maximum Gasteiger partial charge on any atom is 0.323 e. The second kappa shape index (κ2) is 7.29. The Balaban J connectivity index is 2.49. The lowest BCUT2D eigenvalue weighted by atomic mass is 10.3. The molecule has 7 heteroatoms. The summed E-state index contributed by atoms with van der Waals surface area (Å²) in [7, 11) is 1.87. The van der Waals surface area contributed by atoms with Crippen LogP contribution in [0.4, 0.5) is 0 Å². The Bertz CT molecular complexity index is 356. The first-order chi connectivity index (χ1) is 8.19. The summed E-state index contributed by atoms with van der Waals surface area (Å²) in [6.07, 6.45) is 1.63. The van der Waals surface area contributed by atoms with Gasteiger partial charge in [-0.25, -0.2) is 0 Å². The van der Waals surface area contributed by atoms with Crippen molar-refractivity contribution < 1.29 is 9.53 Å². The fourth-order valence-corrected chi connectivity index (χ4v) is 2.19. The Labute approximate surface area is 105 Å². The van der Waals surface area contributed by atoms with E-state index < -0.39 is 0 Å². The van der Waals surface area contributed by atoms with Crippen molar-refractivity contribution >= 4 is 17.7 Å². The smallest absolute Gasteiger partial charge is 0.323 e. The summed E-state index contributed by atoms with van der Waals surface area (Å²) in [6.45, 7) is 4.88. The minimum atomic E-state index is -0.304. The quantitative estimate of drug-likeness (QED) is 0.565. The van der Waals surface area contributed by atoms with E-state index in [1.165, 1.54) is 11.8 Å². The summed E-state index contributed by atoms with van der Waals surface area (Å²) >= 11 is 1.48. The summed E-state index contributed by atoms with van der Waals surface area (Å²) in [5, 5.41) is 11.6. The van der Waals surface area contributed by atoms with Crippen molar-refractivity contribution in [2.45, 2.75) is 25.0 Å². The van der Waals surface area contributed by atoms with Gasteiger partial charge in [0.15, 0.2) is 5.16 Å². The van der Waals surface area contributed by atoms with Crippen LogP contribution >= 0.6 is 11.8 Å². The van der Waals surface area contributed by atoms with E-state index in [0.29, 0.717) is 12.4 Å². The molecule has 0 aliphatic heterocycles. The topological polar surface area (TPSA) is 69.0 Å². The molecule has 0 bridgehead atoms. The van der Waals surface area contributed by atoms with Crippen LogP contribution in [0, 0.1) is 0 Å². The SMILES string of the molecule is CCNC(CSc1nncn1C)C(=O)OCC. The van der Waals surface area contributed by atoms with E-state index in [1.807, 2.05) is 18.5 Å². The lowest BCUT2D eigenvalue weighted by molar-refractivity contribution is -0.144. The van der Waals surface area contributed by atoms with Crippen LogP contribution in [0.1, 0.15) is 13.8 Å². The van der Waals surface area contributed by atoms with Gasteiger partial charge >= 0.3 is 5.97 Å². The third-order valence-electron chi connectivity index (χ3n) is 2.07. The van der Waals surface area contributed by atoms with Gasteiger partial charge in [-0.3, -0.25) is 4.79 Å². The Morgan fingerprint density at radius 2 is 2.41 bits per heavy atom. The van der Waals surface area contributed by atoms with Crippen LogP contribution in [0.25, 0.3) is 0 Å². The molecule has 1 aromatic heterocycles. The van der Waals surface area contributed by atoms with E-state index in [2.05, 4.69) is 15.5 Å². The number of thioether (sulfide) groups is 1. The molecule has 0 aromatic carbocycles. The number of nitrogens with zero attached hydrogens (tertiary/aromatic N) is 3. The third kappa shape index (κ3) is 4.35. The van der Waals surface area contributed by atoms with Crippen LogP contribution < -0.4 is 5.32 Å². The molecular weight excluding hydrogens is 240 g/mol. The zero-order valence-electron chi connectivity index (χ0n) is 10.3. The predicted octanol–water partition coefficient (Wildman–Crippen LogP) is 0.448. The second-order valence-electron chi connectivity index (χ2n) is 3.40. The molecule has 0 spiro atoms. The van der Waals surface area contributed by atoms with Crippen molar-refractivity contribution in [1.29, 1.82) is 0 Å². The molecule has 1 N–H and O–H groups in total. The van der Waals surface area contributed by atoms with Gasteiger partial charge in [0.25, 0.3) is 0 Å². The summed E-state index contributed by atoms with van der Waals surface area (Å²) in [6, 6.07) is -0.304. The van der Waals surface area contributed by atoms with Crippen molar-refractivity contribution in [3.05, 3.63) is 6.33 Å². The molecule has 1 unspecified atom stereocenters. The fourth-order valence-electron chi connectivity index (χ4n) is 1.26. The van der Waals surface area contributed by atoms with Crippen LogP contribution in [0.15, 0.2) is 11.5 Å². The van der Waals surface area contributed by atoms with Gasteiger partial charge in [-0.15, -0.1) is 10.2 Å². The second-order valence-corrected chi connectivity index (χ2v) is 4.38. The number of hydrogen-bond acceptors (Lipinski definition) is 6. The Morgan fingerprint density at radius 1 is 1.65 bits per heavy atom. The lowest BCUT2D eigenvalue weighted by Crippen LogP contribution is -2.40. The lowest BCUT2D eigenvalue weighted by Gasteiger charge is -2.15. The third-order valence-corrected chi connectivity index (χ3v) is 3.20. The van der Waals surface area contributed by atoms with Gasteiger partial charge in [-0.1, -0.05) is 18.7 Å². The van der Waals surface area contributed by atoms with Crippen LogP contribution in [0.3, 0.4) is 0 Å². The van der Waals surface area contributed by atoms with Gasteiger partial charge in [-0.05, 0) is 13.5 Å². The highest BCUT2D eigenvalue weighted by Crippen LogP contribution is 2.15. The van der Waals surface area contributed by atoms with Gasteiger partial charge in [0.05, 0.1) is 6.61 Å². The zero-order chi connectivity index (χ0) is 12.7. The highest BCUT2D eigenvalue weighted by Gasteiger charge is 2.19. The minimum Gasteiger partial charge on any atom is -0.465 e. The van der Waals surface area contributed by atoms with Crippen molar-refractivity contribution in [2.75, 3.05) is 18.9 Å². The van der Waals surface area contributed by atoms with Crippen LogP contribution in [0.2, 0.25) is 0 Å². The molecule has 1 atom stereocenters. The largest absolute Gasteiger partial charge is 0.465 e. The van der Waals surface area contributed by atoms with Gasteiger partial charge in [0.1, 0.15) is 12.4 Å². The number of ether oxygens (including phenoxy) is 1. The zero-order valence-corrected chi connectivity index (χ0v) is 11.2. The van der Waals surface area contributed by atoms with E-state index in [-0.39, 0.29) is 12.0 Å². The Hall–Kier alpha value is -1.08. The average Bonchev–Trinajstić information content (AvgIpc) is 2.70. The first-order valence-electron chi connectivity index (χ1n) is 5.55. The molecule has 1 heterocycles. The van der Waals surface area contributed by atoms with Crippen LogP contribution in [-0.2, 0) is 16.6 Å². The van der Waals surface area contributed by atoms with Gasteiger partial charge in [0, 0.05) is 12.8 Å². The van der Waals surface area contributed by atoms with Gasteiger partial charge < -0.3 is 14.6 Å². The molecule has 1 aromatic rings. The van der Waals surface area contributed by atoms with E-state index in [9.17, 15) is 4.79 Å². The molecule has 0 amide bonds. The number of nitrogens with one attached hydrogen (secondary N) is 1. The number of aryl methyl sites for hydroxylation is 1. The highest BCUT2D eigenvalue weighted by atomic mass is 32.2. The molecular formula is C10H18N4O2S. The van der Waals surface area contributed by atoms with Crippen molar-refractivity contribution in [2.24, 2.45) is 7.05 Å². The Morgan fingerprint density at radius 3 is 2.94 bits per heavy atom. The van der Waals surface area contributed by atoms with Crippen molar-refractivity contribution in [3.8, 4) is 0 Å². The number of esters is 1. The van der Waals surface area contributed by atoms with E-state index in [0.717, 1.165) is 11.7 Å². The predicted molar refractivity (Wildman–Crippen MR) is 65.8 cm³/mol. The first kappa shape index (κ1) is 14.0. The molecule has 0 saturated heterocycles. The maximum absolute atomic E-state index is 11.6. The molecule has 0 radical (unpaired) electrons. The minimum absolute atomic E-state index is 0.219. The first-order valence-corrected chi connectivity index (χ1v) is 6.54. The molecule has 0 aliphatic carbocycles. The molecule has 6 nitrogen and oxygen atoms in total. The van der Waals surface area contributed by atoms with Crippen molar-refractivity contribution in [1.82, 2.24) is 20.1 Å². The van der Waals surface area contributed by atoms with Gasteiger partial charge in [-0.2, -0.15) is 0 Å². The molecule has 1 rings (SSSR count). The highest BCUT2D eigenvalue weighted by molar-refractivity contribution is 7.99. The number of rotatable bonds is 7. The maximum atomic E-state index is 11.6. The molecule has 0 aliphatic rings. The number of carbonyl (C=O) groups is 1. The van der Waals surface area contributed by atoms with Gasteiger partial charge in [0.2, 0.25) is 0 Å². The summed E-state index contributed by atoms with van der Waals surface area (Å²) < 4.78 is 6.82. The number of carbonyl (C=O) groups excluding carboxylic acids is 1. The van der Waals surface area contributed by atoms with Crippen LogP contribution in [0.5, 0.6) is 0 Å². The molecule has 0 saturated carbocycles. The molecule has 96 valence electrons. The number of hydrogen-bond donors (Lipinski definition) is 1. The average molecular weight is 258 g/mol. The Kier molecular flexibility index (Phi) is 5.99. The standard InChI is InChI=1S/C10H18N4O2S/c1-4-11-8(9(15)16-5-2)6-17-10-13-12-7-14(10)3/h7-8,11H,4-6H2,1-3H3. The summed E-state index contributed by atoms with van der Waals surface area (Å²) in [5.74, 6) is 0.364. The van der Waals surface area contributed by atoms with E-state index in [4.69, 9.17) is 4.74 Å². The van der Waals surface area contributed by atoms with Crippen molar-refractivity contribution in [3.63, 3.8) is 0 Å². The summed E-state index contributed by atoms with van der Waals surface area (Å²) in [5.41, 5.74) is 0. The van der Waals surface area contributed by atoms with E-state index >= 15 is 0 Å². The normalized spacial score (nSPS) is 12.4. The summed E-state index contributed by atoms with van der Waals surface area (Å²) in [4.78, 5) is 11.6. The number of aromatic nitrogens is 3. The molecule has 0 fully saturated rings. The van der Waals surface area contributed by atoms with Crippen LogP contribution in [-0.4, -0.2) is 45.7 Å². The fraction of sp³-hybridized carbons (Fsp3) is 0.700. The number of likely N-dealkylation sites (N-methyl/N-ethyl adjacent to an activating group) is 1. The molecule has 17 heavy (non-hydrogen) atoms. The monoisotopic (exact) mass is 258 g/mol. The van der Waals surface area contributed by atoms with E-state index in [1.54, 1.807) is 13.3 Å².